The molecule has 1 aliphatic carbocycles. The van der Waals surface area contributed by atoms with Gasteiger partial charge in [0.1, 0.15) is 5.01 Å². The Balaban J connectivity index is 1.77. The second-order valence-electron chi connectivity index (χ2n) is 5.16. The van der Waals surface area contributed by atoms with Crippen LogP contribution in [0, 0.1) is 0 Å². The van der Waals surface area contributed by atoms with Crippen molar-refractivity contribution in [3.05, 3.63) is 40.2 Å². The van der Waals surface area contributed by atoms with Crippen molar-refractivity contribution >= 4 is 11.3 Å². The van der Waals surface area contributed by atoms with Crippen LogP contribution in [0.25, 0.3) is 11.3 Å². The largest absolute Gasteiger partial charge is 0.378 e. The van der Waals surface area contributed by atoms with Crippen LogP contribution in [0.3, 0.4) is 0 Å². The summed E-state index contributed by atoms with van der Waals surface area (Å²) in [5.41, 5.74) is 2.33. The third-order valence-electron chi connectivity index (χ3n) is 3.42. The van der Waals surface area contributed by atoms with Gasteiger partial charge in [-0.15, -0.1) is 11.3 Å². The van der Waals surface area contributed by atoms with Gasteiger partial charge >= 0.3 is 0 Å². The maximum Gasteiger partial charge on any atom is 0.119 e. The van der Waals surface area contributed by atoms with E-state index in [-0.39, 0.29) is 0 Å². The van der Waals surface area contributed by atoms with Crippen molar-refractivity contribution in [3.63, 3.8) is 0 Å². The van der Waals surface area contributed by atoms with Crippen LogP contribution in [0.4, 0.5) is 0 Å². The summed E-state index contributed by atoms with van der Waals surface area (Å²) in [6, 6.07) is 11.2. The first-order chi connectivity index (χ1) is 9.86. The topological polar surface area (TPSA) is 34.1 Å². The van der Waals surface area contributed by atoms with E-state index in [1.54, 1.807) is 18.4 Å². The van der Waals surface area contributed by atoms with Gasteiger partial charge in [-0.2, -0.15) is 0 Å². The molecule has 1 aliphatic rings. The van der Waals surface area contributed by atoms with Crippen LogP contribution < -0.4 is 5.32 Å². The van der Waals surface area contributed by atoms with Crippen molar-refractivity contribution in [1.29, 1.82) is 0 Å². The standard InChI is InChI=1S/C16H20N2OS/c1-19-11-15-18-16(12-5-3-2-4-6-12)14(20-15)9-10-17-13-7-8-13/h2-6,13,17H,7-11H2,1H3. The van der Waals surface area contributed by atoms with Gasteiger partial charge in [0.05, 0.1) is 12.3 Å². The molecular formula is C16H20N2OS. The molecule has 1 aromatic carbocycles. The van der Waals surface area contributed by atoms with Crippen molar-refractivity contribution in [2.24, 2.45) is 0 Å². The molecule has 0 saturated heterocycles. The summed E-state index contributed by atoms with van der Waals surface area (Å²) in [5.74, 6) is 0. The van der Waals surface area contributed by atoms with Crippen molar-refractivity contribution in [3.8, 4) is 11.3 Å². The average molecular weight is 288 g/mol. The first-order valence-corrected chi connectivity index (χ1v) is 7.95. The van der Waals surface area contributed by atoms with Crippen LogP contribution in [0.2, 0.25) is 0 Å². The van der Waals surface area contributed by atoms with Crippen molar-refractivity contribution < 1.29 is 4.74 Å². The number of methoxy groups -OCH3 is 1. The fourth-order valence-corrected chi connectivity index (χ4v) is 3.32. The molecule has 0 unspecified atom stereocenters. The van der Waals surface area contributed by atoms with Crippen molar-refractivity contribution in [2.75, 3.05) is 13.7 Å². The predicted molar refractivity (Wildman–Crippen MR) is 83.0 cm³/mol. The number of nitrogens with one attached hydrogen (secondary N) is 1. The van der Waals surface area contributed by atoms with Gasteiger partial charge in [0.25, 0.3) is 0 Å². The smallest absolute Gasteiger partial charge is 0.119 e. The van der Waals surface area contributed by atoms with Crippen LogP contribution in [0.5, 0.6) is 0 Å². The van der Waals surface area contributed by atoms with Crippen LogP contribution in [-0.2, 0) is 17.8 Å². The molecule has 20 heavy (non-hydrogen) atoms. The summed E-state index contributed by atoms with van der Waals surface area (Å²) in [6.45, 7) is 1.64. The van der Waals surface area contributed by atoms with E-state index in [2.05, 4.69) is 29.6 Å². The zero-order valence-electron chi connectivity index (χ0n) is 11.8. The minimum Gasteiger partial charge on any atom is -0.378 e. The monoisotopic (exact) mass is 288 g/mol. The molecule has 1 N–H and O–H groups in total. The number of ether oxygens (including phenoxy) is 1. The van der Waals surface area contributed by atoms with E-state index in [0.717, 1.165) is 29.7 Å². The highest BCUT2D eigenvalue weighted by Crippen LogP contribution is 2.29. The van der Waals surface area contributed by atoms with Gasteiger partial charge in [0.15, 0.2) is 0 Å². The Morgan fingerprint density at radius 1 is 1.30 bits per heavy atom. The molecule has 1 saturated carbocycles. The fourth-order valence-electron chi connectivity index (χ4n) is 2.25. The summed E-state index contributed by atoms with van der Waals surface area (Å²) in [4.78, 5) is 6.11. The first kappa shape index (κ1) is 13.7. The molecule has 2 aromatic rings. The maximum absolute atomic E-state index is 5.22. The fraction of sp³-hybridized carbons (Fsp3) is 0.438. The molecule has 0 spiro atoms. The van der Waals surface area contributed by atoms with Crippen LogP contribution in [0.15, 0.2) is 30.3 Å². The molecule has 106 valence electrons. The summed E-state index contributed by atoms with van der Waals surface area (Å²) < 4.78 is 5.22. The highest BCUT2D eigenvalue weighted by Gasteiger charge is 2.20. The third-order valence-corrected chi connectivity index (χ3v) is 4.51. The molecule has 0 amide bonds. The van der Waals surface area contributed by atoms with Gasteiger partial charge in [0.2, 0.25) is 0 Å². The molecule has 1 aromatic heterocycles. The molecule has 1 heterocycles. The zero-order valence-corrected chi connectivity index (χ0v) is 12.6. The van der Waals surface area contributed by atoms with Gasteiger partial charge in [0, 0.05) is 30.1 Å². The lowest BCUT2D eigenvalue weighted by atomic mass is 10.1. The van der Waals surface area contributed by atoms with Gasteiger partial charge < -0.3 is 10.1 Å². The Bertz CT molecular complexity index is 549. The molecule has 3 nitrogen and oxygen atoms in total. The Morgan fingerprint density at radius 3 is 2.80 bits per heavy atom. The van der Waals surface area contributed by atoms with E-state index in [1.165, 1.54) is 23.3 Å². The third kappa shape index (κ3) is 3.45. The highest BCUT2D eigenvalue weighted by atomic mass is 32.1. The van der Waals surface area contributed by atoms with Gasteiger partial charge in [-0.05, 0) is 19.3 Å². The summed E-state index contributed by atoms with van der Waals surface area (Å²) in [6.07, 6.45) is 3.72. The lowest BCUT2D eigenvalue weighted by molar-refractivity contribution is 0.184. The van der Waals surface area contributed by atoms with E-state index >= 15 is 0 Å². The Kier molecular flexibility index (Phi) is 4.45. The molecule has 0 bridgehead atoms. The quantitative estimate of drug-likeness (QED) is 0.849. The lowest BCUT2D eigenvalue weighted by Gasteiger charge is -2.03. The molecule has 3 rings (SSSR count). The SMILES string of the molecule is COCc1nc(-c2ccccc2)c(CCNC2CC2)s1. The minimum atomic E-state index is 0.598. The van der Waals surface area contributed by atoms with Gasteiger partial charge in [-0.25, -0.2) is 4.98 Å². The number of nitrogens with zero attached hydrogens (tertiary/aromatic N) is 1. The van der Waals surface area contributed by atoms with Crippen LogP contribution >= 0.6 is 11.3 Å². The lowest BCUT2D eigenvalue weighted by Crippen LogP contribution is -2.19. The summed E-state index contributed by atoms with van der Waals surface area (Å²) in [7, 11) is 1.72. The minimum absolute atomic E-state index is 0.598. The molecule has 1 fully saturated rings. The van der Waals surface area contributed by atoms with Crippen molar-refractivity contribution in [1.82, 2.24) is 10.3 Å². The number of benzene rings is 1. The van der Waals surface area contributed by atoms with E-state index in [0.29, 0.717) is 6.61 Å². The van der Waals surface area contributed by atoms with Crippen molar-refractivity contribution in [2.45, 2.75) is 31.9 Å². The highest BCUT2D eigenvalue weighted by molar-refractivity contribution is 7.12. The van der Waals surface area contributed by atoms with Crippen LogP contribution in [-0.4, -0.2) is 24.7 Å². The van der Waals surface area contributed by atoms with Gasteiger partial charge in [-0.1, -0.05) is 30.3 Å². The molecule has 0 radical (unpaired) electrons. The molecular weight excluding hydrogens is 268 g/mol. The van der Waals surface area contributed by atoms with E-state index < -0.39 is 0 Å². The first-order valence-electron chi connectivity index (χ1n) is 7.13. The average Bonchev–Trinajstić information content (AvgIpc) is 3.21. The number of thiazole rings is 1. The molecule has 4 heteroatoms. The predicted octanol–water partition coefficient (Wildman–Crippen LogP) is 3.25. The van der Waals surface area contributed by atoms with Gasteiger partial charge in [-0.3, -0.25) is 0 Å². The van der Waals surface area contributed by atoms with E-state index in [4.69, 9.17) is 9.72 Å². The molecule has 0 atom stereocenters. The maximum atomic E-state index is 5.22. The van der Waals surface area contributed by atoms with Crippen LogP contribution in [0.1, 0.15) is 22.7 Å². The molecule has 0 aliphatic heterocycles. The number of hydrogen-bond donors (Lipinski definition) is 1. The number of aromatic nitrogens is 1. The number of rotatable bonds is 7. The van der Waals surface area contributed by atoms with E-state index in [9.17, 15) is 0 Å². The second-order valence-corrected chi connectivity index (χ2v) is 6.32. The summed E-state index contributed by atoms with van der Waals surface area (Å²) >= 11 is 1.77. The zero-order chi connectivity index (χ0) is 13.8. The normalized spacial score (nSPS) is 14.7. The Morgan fingerprint density at radius 2 is 2.10 bits per heavy atom. The number of hydrogen-bond acceptors (Lipinski definition) is 4. The van der Waals surface area contributed by atoms with E-state index in [1.807, 2.05) is 6.07 Å². The second kappa shape index (κ2) is 6.48. The Hall–Kier alpha value is -1.23. The Labute approximate surface area is 124 Å². The summed E-state index contributed by atoms with van der Waals surface area (Å²) in [5, 5.41) is 4.64.